The minimum atomic E-state index is -0.675. The number of methoxy groups -OCH3 is 2. The van der Waals surface area contributed by atoms with E-state index in [2.05, 4.69) is 4.98 Å². The number of hydrogen-bond acceptors (Lipinski definition) is 7. The highest BCUT2D eigenvalue weighted by atomic mass is 35.5. The van der Waals surface area contributed by atoms with Crippen molar-refractivity contribution in [3.63, 3.8) is 0 Å². The number of nitrogens with zero attached hydrogens (tertiary/aromatic N) is 1. The third-order valence-corrected chi connectivity index (χ3v) is 3.83. The predicted octanol–water partition coefficient (Wildman–Crippen LogP) is 2.63. The average molecular weight is 415 g/mol. The number of nitrogens with two attached hydrogens (primary N) is 1. The van der Waals surface area contributed by atoms with Gasteiger partial charge in [0.2, 0.25) is 5.75 Å². The summed E-state index contributed by atoms with van der Waals surface area (Å²) in [7, 11) is 2.74. The summed E-state index contributed by atoms with van der Waals surface area (Å²) in [4.78, 5) is 27.3. The van der Waals surface area contributed by atoms with E-state index in [4.69, 9.17) is 47.9 Å². The average Bonchev–Trinajstić information content (AvgIpc) is 2.65. The molecule has 0 unspecified atom stereocenters. The number of rotatable bonds is 8. The van der Waals surface area contributed by atoms with E-state index in [0.29, 0.717) is 10.7 Å². The molecular weight excluding hydrogens is 399 g/mol. The molecule has 1 aromatic heterocycles. The lowest BCUT2D eigenvalue weighted by Gasteiger charge is -2.15. The number of amides is 1. The molecule has 2 rings (SSSR count). The van der Waals surface area contributed by atoms with Gasteiger partial charge in [0.05, 0.1) is 30.5 Å². The van der Waals surface area contributed by atoms with E-state index in [1.807, 2.05) is 0 Å². The van der Waals surface area contributed by atoms with Crippen LogP contribution in [0.5, 0.6) is 17.2 Å². The van der Waals surface area contributed by atoms with Gasteiger partial charge in [-0.2, -0.15) is 0 Å². The standard InChI is InChI=1S/C17H16Cl2N2O6/c1-24-12-5-9(6-13(25-2)16(12)26-8-15(20)22)17(23)27-7-11-10(18)3-4-14(19)21-11/h3-6H,7-8H2,1-2H3,(H2,20,22). The van der Waals surface area contributed by atoms with Gasteiger partial charge < -0.3 is 24.7 Å². The maximum atomic E-state index is 12.4. The van der Waals surface area contributed by atoms with Gasteiger partial charge in [-0.05, 0) is 24.3 Å². The monoisotopic (exact) mass is 414 g/mol. The van der Waals surface area contributed by atoms with E-state index >= 15 is 0 Å². The number of carbonyl (C=O) groups excluding carboxylic acids is 2. The summed E-state index contributed by atoms with van der Waals surface area (Å²) in [5.74, 6) is -0.878. The van der Waals surface area contributed by atoms with Crippen molar-refractivity contribution in [2.75, 3.05) is 20.8 Å². The summed E-state index contributed by atoms with van der Waals surface area (Å²) in [5, 5.41) is 0.544. The molecule has 0 saturated heterocycles. The van der Waals surface area contributed by atoms with Crippen molar-refractivity contribution in [3.05, 3.63) is 45.7 Å². The molecule has 0 aliphatic carbocycles. The Morgan fingerprint density at radius 2 is 1.74 bits per heavy atom. The normalized spacial score (nSPS) is 10.2. The molecule has 0 aliphatic heterocycles. The molecular formula is C17H16Cl2N2O6. The van der Waals surface area contributed by atoms with Crippen LogP contribution in [0.4, 0.5) is 0 Å². The van der Waals surface area contributed by atoms with Crippen molar-refractivity contribution in [1.82, 2.24) is 4.98 Å². The minimum absolute atomic E-state index is 0.133. The maximum Gasteiger partial charge on any atom is 0.338 e. The molecule has 0 bridgehead atoms. The van der Waals surface area contributed by atoms with Crippen molar-refractivity contribution in [3.8, 4) is 17.2 Å². The minimum Gasteiger partial charge on any atom is -0.493 e. The Hall–Kier alpha value is -2.71. The molecule has 0 aliphatic rings. The number of pyridine rings is 1. The van der Waals surface area contributed by atoms with Gasteiger partial charge in [0.25, 0.3) is 5.91 Å². The van der Waals surface area contributed by atoms with E-state index in [9.17, 15) is 9.59 Å². The van der Waals surface area contributed by atoms with Gasteiger partial charge in [-0.3, -0.25) is 4.79 Å². The van der Waals surface area contributed by atoms with Crippen LogP contribution >= 0.6 is 23.2 Å². The van der Waals surface area contributed by atoms with Gasteiger partial charge in [0.1, 0.15) is 11.8 Å². The molecule has 1 heterocycles. The lowest BCUT2D eigenvalue weighted by Crippen LogP contribution is -2.20. The van der Waals surface area contributed by atoms with Crippen LogP contribution in [-0.4, -0.2) is 37.7 Å². The van der Waals surface area contributed by atoms with Gasteiger partial charge in [0.15, 0.2) is 18.1 Å². The summed E-state index contributed by atoms with van der Waals surface area (Å²) >= 11 is 11.8. The first-order chi connectivity index (χ1) is 12.8. The Kier molecular flexibility index (Phi) is 7.09. The molecule has 10 heteroatoms. The van der Waals surface area contributed by atoms with Gasteiger partial charge in [-0.25, -0.2) is 9.78 Å². The van der Waals surface area contributed by atoms with Crippen LogP contribution in [0, 0.1) is 0 Å². The molecule has 0 radical (unpaired) electrons. The van der Waals surface area contributed by atoms with E-state index in [-0.39, 0.29) is 41.2 Å². The van der Waals surface area contributed by atoms with Crippen LogP contribution in [0.1, 0.15) is 16.1 Å². The molecule has 1 aromatic carbocycles. The number of primary amides is 1. The second-order valence-corrected chi connectivity index (χ2v) is 5.90. The summed E-state index contributed by atoms with van der Waals surface area (Å²) < 4.78 is 20.9. The van der Waals surface area contributed by atoms with Crippen LogP contribution in [0.15, 0.2) is 24.3 Å². The Morgan fingerprint density at radius 1 is 1.11 bits per heavy atom. The number of esters is 1. The third-order valence-electron chi connectivity index (χ3n) is 3.28. The number of halogens is 2. The van der Waals surface area contributed by atoms with Crippen molar-refractivity contribution in [2.24, 2.45) is 5.73 Å². The molecule has 2 aromatic rings. The van der Waals surface area contributed by atoms with Gasteiger partial charge in [-0.15, -0.1) is 0 Å². The molecule has 0 spiro atoms. The molecule has 27 heavy (non-hydrogen) atoms. The Labute approximate surface area is 165 Å². The number of carbonyl (C=O) groups is 2. The fraction of sp³-hybridized carbons (Fsp3) is 0.235. The van der Waals surface area contributed by atoms with Gasteiger partial charge in [0, 0.05) is 0 Å². The van der Waals surface area contributed by atoms with Crippen LogP contribution in [0.25, 0.3) is 0 Å². The topological polar surface area (TPSA) is 110 Å². The summed E-state index contributed by atoms with van der Waals surface area (Å²) in [6.07, 6.45) is 0. The largest absolute Gasteiger partial charge is 0.493 e. The van der Waals surface area contributed by atoms with Crippen LogP contribution in [0.3, 0.4) is 0 Å². The predicted molar refractivity (Wildman–Crippen MR) is 97.6 cm³/mol. The fourth-order valence-electron chi connectivity index (χ4n) is 2.06. The van der Waals surface area contributed by atoms with Crippen molar-refractivity contribution in [1.29, 1.82) is 0 Å². The second kappa shape index (κ2) is 9.29. The summed E-state index contributed by atoms with van der Waals surface area (Å²) in [5.41, 5.74) is 5.52. The fourth-order valence-corrected chi connectivity index (χ4v) is 2.38. The van der Waals surface area contributed by atoms with Crippen molar-refractivity contribution >= 4 is 35.1 Å². The van der Waals surface area contributed by atoms with Crippen LogP contribution in [-0.2, 0) is 16.1 Å². The maximum absolute atomic E-state index is 12.4. The van der Waals surface area contributed by atoms with Crippen LogP contribution in [0.2, 0.25) is 10.2 Å². The highest BCUT2D eigenvalue weighted by molar-refractivity contribution is 6.32. The van der Waals surface area contributed by atoms with E-state index in [1.54, 1.807) is 6.07 Å². The van der Waals surface area contributed by atoms with Gasteiger partial charge in [-0.1, -0.05) is 23.2 Å². The second-order valence-electron chi connectivity index (χ2n) is 5.10. The Morgan fingerprint density at radius 3 is 2.30 bits per heavy atom. The summed E-state index contributed by atoms with van der Waals surface area (Å²) in [6.45, 7) is -0.557. The highest BCUT2D eigenvalue weighted by Crippen LogP contribution is 2.38. The van der Waals surface area contributed by atoms with E-state index < -0.39 is 11.9 Å². The molecule has 2 N–H and O–H groups in total. The van der Waals surface area contributed by atoms with Gasteiger partial charge >= 0.3 is 5.97 Å². The number of benzene rings is 1. The Balaban J connectivity index is 2.22. The number of hydrogen-bond donors (Lipinski definition) is 1. The first kappa shape index (κ1) is 20.6. The number of ether oxygens (including phenoxy) is 4. The first-order valence-corrected chi connectivity index (χ1v) is 8.26. The SMILES string of the molecule is COc1cc(C(=O)OCc2nc(Cl)ccc2Cl)cc(OC)c1OCC(N)=O. The zero-order valence-corrected chi connectivity index (χ0v) is 16.0. The van der Waals surface area contributed by atoms with E-state index in [0.717, 1.165) is 0 Å². The zero-order chi connectivity index (χ0) is 20.0. The van der Waals surface area contributed by atoms with Crippen molar-refractivity contribution < 1.29 is 28.5 Å². The molecule has 0 saturated carbocycles. The Bertz CT molecular complexity index is 834. The molecule has 8 nitrogen and oxygen atoms in total. The third kappa shape index (κ3) is 5.38. The molecule has 1 amide bonds. The molecule has 0 fully saturated rings. The highest BCUT2D eigenvalue weighted by Gasteiger charge is 2.19. The smallest absolute Gasteiger partial charge is 0.338 e. The lowest BCUT2D eigenvalue weighted by atomic mass is 10.2. The molecule has 144 valence electrons. The quantitative estimate of drug-likeness (QED) is 0.521. The van der Waals surface area contributed by atoms with Crippen molar-refractivity contribution in [2.45, 2.75) is 6.61 Å². The lowest BCUT2D eigenvalue weighted by molar-refractivity contribution is -0.120. The number of aromatic nitrogens is 1. The first-order valence-electron chi connectivity index (χ1n) is 7.50. The summed E-state index contributed by atoms with van der Waals surface area (Å²) in [6, 6.07) is 5.84. The zero-order valence-electron chi connectivity index (χ0n) is 14.5. The van der Waals surface area contributed by atoms with E-state index in [1.165, 1.54) is 32.4 Å². The molecule has 0 atom stereocenters. The van der Waals surface area contributed by atoms with Crippen LogP contribution < -0.4 is 19.9 Å².